The Hall–Kier alpha value is -2.06. The van der Waals surface area contributed by atoms with Gasteiger partial charge in [0, 0.05) is 23.9 Å². The van der Waals surface area contributed by atoms with Gasteiger partial charge in [-0.25, -0.2) is 0 Å². The quantitative estimate of drug-likeness (QED) is 0.295. The number of thiocarbonyl (C=S) groups is 1. The zero-order chi connectivity index (χ0) is 21.6. The lowest BCUT2D eigenvalue weighted by atomic mass is 10.1. The standard InChI is InChI=1S/C19H19Cl3N4O2S/c1-11-5-3-4-6-15(11)16(28)25-17(19(20,21)22)26-18(29)24-14-9-7-13(8-10-14)23-12(2)27/h3-10,17H,1-2H3,(H,23,27)(H,25,28)(H2,24,26,29)/t17-/m0/s1. The molecule has 2 aromatic rings. The molecule has 2 aromatic carbocycles. The van der Waals surface area contributed by atoms with Gasteiger partial charge in [0.1, 0.15) is 6.17 Å². The third-order valence-electron chi connectivity index (χ3n) is 3.73. The van der Waals surface area contributed by atoms with Crippen molar-refractivity contribution >= 4 is 75.3 Å². The largest absolute Gasteiger partial charge is 0.339 e. The highest BCUT2D eigenvalue weighted by molar-refractivity contribution is 7.80. The van der Waals surface area contributed by atoms with Gasteiger partial charge < -0.3 is 21.3 Å². The number of aryl methyl sites for hydroxylation is 1. The summed E-state index contributed by atoms with van der Waals surface area (Å²) in [5.74, 6) is -0.577. The van der Waals surface area contributed by atoms with Crippen LogP contribution < -0.4 is 21.3 Å². The maximum atomic E-state index is 12.6. The fourth-order valence-electron chi connectivity index (χ4n) is 2.37. The number of hydrogen-bond donors (Lipinski definition) is 4. The summed E-state index contributed by atoms with van der Waals surface area (Å²) in [6, 6.07) is 13.9. The molecule has 0 saturated heterocycles. The third kappa shape index (κ3) is 7.36. The maximum absolute atomic E-state index is 12.6. The fraction of sp³-hybridized carbons (Fsp3) is 0.211. The zero-order valence-corrected chi connectivity index (χ0v) is 18.6. The summed E-state index contributed by atoms with van der Waals surface area (Å²) in [7, 11) is 0. The van der Waals surface area contributed by atoms with Gasteiger partial charge in [0.15, 0.2) is 5.11 Å². The monoisotopic (exact) mass is 472 g/mol. The van der Waals surface area contributed by atoms with Crippen LogP contribution in [0.2, 0.25) is 0 Å². The van der Waals surface area contributed by atoms with E-state index < -0.39 is 15.9 Å². The third-order valence-corrected chi connectivity index (χ3v) is 4.61. The summed E-state index contributed by atoms with van der Waals surface area (Å²) in [6.07, 6.45) is -1.08. The second-order valence-corrected chi connectivity index (χ2v) is 8.90. The molecule has 0 saturated carbocycles. The first kappa shape index (κ1) is 23.2. The Labute approximate surface area is 189 Å². The molecule has 0 radical (unpaired) electrons. The molecule has 0 aliphatic rings. The van der Waals surface area contributed by atoms with Gasteiger partial charge in [-0.2, -0.15) is 0 Å². The van der Waals surface area contributed by atoms with E-state index in [1.54, 1.807) is 36.4 Å². The summed E-state index contributed by atoms with van der Waals surface area (Å²) in [6.45, 7) is 3.23. The molecule has 0 aliphatic carbocycles. The second-order valence-electron chi connectivity index (χ2n) is 6.12. The van der Waals surface area contributed by atoms with Crippen molar-refractivity contribution in [3.05, 3.63) is 59.7 Å². The average Bonchev–Trinajstić information content (AvgIpc) is 2.62. The number of halogens is 3. The van der Waals surface area contributed by atoms with E-state index in [1.807, 2.05) is 19.1 Å². The lowest BCUT2D eigenvalue weighted by molar-refractivity contribution is -0.114. The molecule has 2 amide bonds. The molecule has 0 fully saturated rings. The first-order chi connectivity index (χ1) is 13.6. The Morgan fingerprint density at radius 1 is 0.931 bits per heavy atom. The van der Waals surface area contributed by atoms with E-state index in [9.17, 15) is 9.59 Å². The molecule has 0 heterocycles. The molecule has 0 aromatic heterocycles. The van der Waals surface area contributed by atoms with Crippen molar-refractivity contribution in [2.24, 2.45) is 0 Å². The average molecular weight is 474 g/mol. The Bertz CT molecular complexity index is 901. The molecule has 1 atom stereocenters. The molecule has 0 unspecified atom stereocenters. The number of benzene rings is 2. The van der Waals surface area contributed by atoms with Crippen molar-refractivity contribution in [2.75, 3.05) is 10.6 Å². The van der Waals surface area contributed by atoms with Gasteiger partial charge in [-0.05, 0) is 55.0 Å². The van der Waals surface area contributed by atoms with Crippen molar-refractivity contribution in [2.45, 2.75) is 23.8 Å². The van der Waals surface area contributed by atoms with Gasteiger partial charge in [0.05, 0.1) is 0 Å². The van der Waals surface area contributed by atoms with Crippen LogP contribution in [0.4, 0.5) is 11.4 Å². The Morgan fingerprint density at radius 3 is 2.00 bits per heavy atom. The Balaban J connectivity index is 2.04. The van der Waals surface area contributed by atoms with Crippen molar-refractivity contribution in [1.82, 2.24) is 10.6 Å². The molecule has 2 rings (SSSR count). The molecule has 0 bridgehead atoms. The first-order valence-electron chi connectivity index (χ1n) is 8.44. The van der Waals surface area contributed by atoms with Crippen molar-refractivity contribution in [3.8, 4) is 0 Å². The number of rotatable bonds is 5. The van der Waals surface area contributed by atoms with Gasteiger partial charge >= 0.3 is 0 Å². The molecule has 29 heavy (non-hydrogen) atoms. The first-order valence-corrected chi connectivity index (χ1v) is 9.99. The van der Waals surface area contributed by atoms with Crippen LogP contribution >= 0.6 is 47.0 Å². The van der Waals surface area contributed by atoms with Gasteiger partial charge in [-0.1, -0.05) is 53.0 Å². The van der Waals surface area contributed by atoms with Gasteiger partial charge in [0.2, 0.25) is 9.70 Å². The number of carbonyl (C=O) groups excluding carboxylic acids is 2. The predicted molar refractivity (Wildman–Crippen MR) is 123 cm³/mol. The molecule has 10 heteroatoms. The number of nitrogens with one attached hydrogen (secondary N) is 4. The summed E-state index contributed by atoms with van der Waals surface area (Å²) >= 11 is 23.3. The van der Waals surface area contributed by atoms with E-state index in [1.165, 1.54) is 6.92 Å². The Kier molecular flexibility index (Phi) is 8.10. The van der Waals surface area contributed by atoms with Gasteiger partial charge in [0.25, 0.3) is 5.91 Å². The minimum Gasteiger partial charge on any atom is -0.339 e. The highest BCUT2D eigenvalue weighted by Crippen LogP contribution is 2.29. The van der Waals surface area contributed by atoms with Crippen molar-refractivity contribution in [1.29, 1.82) is 0 Å². The van der Waals surface area contributed by atoms with Crippen LogP contribution in [0.25, 0.3) is 0 Å². The van der Waals surface area contributed by atoms with E-state index in [0.29, 0.717) is 16.9 Å². The topological polar surface area (TPSA) is 82.3 Å². The predicted octanol–water partition coefficient (Wildman–Crippen LogP) is 4.37. The van der Waals surface area contributed by atoms with E-state index in [-0.39, 0.29) is 11.0 Å². The lowest BCUT2D eigenvalue weighted by Crippen LogP contribution is -2.56. The summed E-state index contributed by atoms with van der Waals surface area (Å²) in [4.78, 5) is 23.6. The van der Waals surface area contributed by atoms with Crippen molar-refractivity contribution in [3.63, 3.8) is 0 Å². The molecular weight excluding hydrogens is 455 g/mol. The molecular formula is C19H19Cl3N4O2S. The zero-order valence-electron chi connectivity index (χ0n) is 15.6. The smallest absolute Gasteiger partial charge is 0.253 e. The van der Waals surface area contributed by atoms with Gasteiger partial charge in [-0.15, -0.1) is 0 Å². The summed E-state index contributed by atoms with van der Waals surface area (Å²) < 4.78 is -1.86. The van der Waals surface area contributed by atoms with Crippen LogP contribution in [0.3, 0.4) is 0 Å². The van der Waals surface area contributed by atoms with E-state index in [4.69, 9.17) is 47.0 Å². The molecule has 4 N–H and O–H groups in total. The fourth-order valence-corrected chi connectivity index (χ4v) is 2.94. The van der Waals surface area contributed by atoms with Crippen LogP contribution in [-0.4, -0.2) is 26.9 Å². The summed E-state index contributed by atoms with van der Waals surface area (Å²) in [5.41, 5.74) is 2.53. The molecule has 0 aliphatic heterocycles. The van der Waals surface area contributed by atoms with Crippen LogP contribution in [-0.2, 0) is 4.79 Å². The van der Waals surface area contributed by atoms with E-state index in [2.05, 4.69) is 21.3 Å². The number of amides is 2. The molecule has 6 nitrogen and oxygen atoms in total. The number of carbonyl (C=O) groups is 2. The number of alkyl halides is 3. The van der Waals surface area contributed by atoms with Crippen LogP contribution in [0, 0.1) is 6.92 Å². The SMILES string of the molecule is CC(=O)Nc1ccc(NC(=S)N[C@H](NC(=O)c2ccccc2C)C(Cl)(Cl)Cl)cc1. The highest BCUT2D eigenvalue weighted by atomic mass is 35.6. The van der Waals surface area contributed by atoms with Crippen LogP contribution in [0.1, 0.15) is 22.8 Å². The maximum Gasteiger partial charge on any atom is 0.253 e. The second kappa shape index (κ2) is 10.1. The van der Waals surface area contributed by atoms with Crippen LogP contribution in [0.15, 0.2) is 48.5 Å². The minimum atomic E-state index is -1.86. The van der Waals surface area contributed by atoms with Crippen molar-refractivity contribution < 1.29 is 9.59 Å². The Morgan fingerprint density at radius 2 is 1.48 bits per heavy atom. The molecule has 0 spiro atoms. The highest BCUT2D eigenvalue weighted by Gasteiger charge is 2.35. The van der Waals surface area contributed by atoms with E-state index >= 15 is 0 Å². The van der Waals surface area contributed by atoms with E-state index in [0.717, 1.165) is 5.56 Å². The minimum absolute atomic E-state index is 0.138. The number of hydrogen-bond acceptors (Lipinski definition) is 3. The lowest BCUT2D eigenvalue weighted by Gasteiger charge is -2.28. The number of anilines is 2. The van der Waals surface area contributed by atoms with Gasteiger partial charge in [-0.3, -0.25) is 9.59 Å². The summed E-state index contributed by atoms with van der Waals surface area (Å²) in [5, 5.41) is 11.2. The normalized spacial score (nSPS) is 11.9. The molecule has 154 valence electrons. The van der Waals surface area contributed by atoms with Crippen LogP contribution in [0.5, 0.6) is 0 Å².